The molecule has 0 aromatic rings. The molecule has 0 N–H and O–H groups in total. The summed E-state index contributed by atoms with van der Waals surface area (Å²) in [6, 6.07) is 0.738. The fourth-order valence-corrected chi connectivity index (χ4v) is 4.48. The van der Waals surface area contributed by atoms with Crippen LogP contribution in [0.2, 0.25) is 0 Å². The highest BCUT2D eigenvalue weighted by atomic mass is 15.2. The van der Waals surface area contributed by atoms with Gasteiger partial charge in [0, 0.05) is 12.6 Å². The standard InChI is InChI=1S/C16H31N/c1-13(2)15-8-11-17(14(3)4)12-16(15)9-6-5-7-10-16/h13-15H,5-12H2,1-4H3/t15-/m1/s1. The number of rotatable bonds is 2. The smallest absolute Gasteiger partial charge is 0.00434 e. The summed E-state index contributed by atoms with van der Waals surface area (Å²) in [5, 5.41) is 0. The first-order valence-electron chi connectivity index (χ1n) is 7.79. The summed E-state index contributed by atoms with van der Waals surface area (Å²) in [5.74, 6) is 1.86. The van der Waals surface area contributed by atoms with Crippen molar-refractivity contribution in [2.45, 2.75) is 72.3 Å². The molecule has 1 atom stereocenters. The van der Waals surface area contributed by atoms with E-state index >= 15 is 0 Å². The molecule has 2 fully saturated rings. The Balaban J connectivity index is 2.14. The van der Waals surface area contributed by atoms with Crippen LogP contribution in [-0.4, -0.2) is 24.0 Å². The first-order valence-corrected chi connectivity index (χ1v) is 7.79. The van der Waals surface area contributed by atoms with Gasteiger partial charge in [0.1, 0.15) is 0 Å². The van der Waals surface area contributed by atoms with Crippen LogP contribution in [0, 0.1) is 17.3 Å². The largest absolute Gasteiger partial charge is 0.300 e. The Labute approximate surface area is 108 Å². The molecule has 0 aromatic heterocycles. The van der Waals surface area contributed by atoms with Crippen LogP contribution in [0.1, 0.15) is 66.2 Å². The maximum Gasteiger partial charge on any atom is 0.00434 e. The molecule has 1 saturated carbocycles. The number of likely N-dealkylation sites (tertiary alicyclic amines) is 1. The van der Waals surface area contributed by atoms with E-state index in [4.69, 9.17) is 0 Å². The van der Waals surface area contributed by atoms with E-state index < -0.39 is 0 Å². The third kappa shape index (κ3) is 2.70. The van der Waals surface area contributed by atoms with E-state index in [1.165, 1.54) is 51.6 Å². The van der Waals surface area contributed by atoms with Gasteiger partial charge in [-0.3, -0.25) is 0 Å². The normalized spacial score (nSPS) is 30.4. The van der Waals surface area contributed by atoms with Gasteiger partial charge in [-0.25, -0.2) is 0 Å². The molecule has 2 rings (SSSR count). The van der Waals surface area contributed by atoms with E-state index in [0.717, 1.165) is 17.9 Å². The Bertz CT molecular complexity index is 238. The van der Waals surface area contributed by atoms with E-state index in [-0.39, 0.29) is 0 Å². The summed E-state index contributed by atoms with van der Waals surface area (Å²) >= 11 is 0. The third-order valence-corrected chi connectivity index (χ3v) is 5.42. The van der Waals surface area contributed by atoms with Crippen molar-refractivity contribution in [3.05, 3.63) is 0 Å². The van der Waals surface area contributed by atoms with Crippen LogP contribution in [0.3, 0.4) is 0 Å². The number of piperidine rings is 1. The van der Waals surface area contributed by atoms with Crippen molar-refractivity contribution in [1.29, 1.82) is 0 Å². The van der Waals surface area contributed by atoms with Crippen molar-refractivity contribution in [3.63, 3.8) is 0 Å². The van der Waals surface area contributed by atoms with E-state index in [1.54, 1.807) is 0 Å². The zero-order chi connectivity index (χ0) is 12.5. The average Bonchev–Trinajstić information content (AvgIpc) is 2.29. The summed E-state index contributed by atoms with van der Waals surface area (Å²) in [6.07, 6.45) is 8.88. The van der Waals surface area contributed by atoms with Crippen molar-refractivity contribution in [3.8, 4) is 0 Å². The van der Waals surface area contributed by atoms with Crippen LogP contribution in [0.15, 0.2) is 0 Å². The lowest BCUT2D eigenvalue weighted by atomic mass is 9.59. The summed E-state index contributed by atoms with van der Waals surface area (Å²) in [6.45, 7) is 12.4. The molecule has 0 aromatic carbocycles. The molecule has 1 nitrogen and oxygen atoms in total. The number of hydrogen-bond acceptors (Lipinski definition) is 1. The highest BCUT2D eigenvalue weighted by molar-refractivity contribution is 4.96. The third-order valence-electron chi connectivity index (χ3n) is 5.42. The molecule has 0 unspecified atom stereocenters. The molecule has 2 aliphatic rings. The summed E-state index contributed by atoms with van der Waals surface area (Å²) in [7, 11) is 0. The van der Waals surface area contributed by atoms with E-state index in [0.29, 0.717) is 5.41 Å². The Morgan fingerprint density at radius 3 is 2.18 bits per heavy atom. The van der Waals surface area contributed by atoms with Crippen LogP contribution in [-0.2, 0) is 0 Å². The molecule has 100 valence electrons. The molecular formula is C16H31N. The lowest BCUT2D eigenvalue weighted by molar-refractivity contribution is -0.0355. The quantitative estimate of drug-likeness (QED) is 0.691. The predicted octanol–water partition coefficient (Wildman–Crippen LogP) is 4.32. The van der Waals surface area contributed by atoms with Gasteiger partial charge in [-0.2, -0.15) is 0 Å². The topological polar surface area (TPSA) is 3.24 Å². The molecule has 1 spiro atoms. The van der Waals surface area contributed by atoms with E-state index in [9.17, 15) is 0 Å². The number of hydrogen-bond donors (Lipinski definition) is 0. The van der Waals surface area contributed by atoms with Crippen LogP contribution < -0.4 is 0 Å². The minimum atomic E-state index is 0.676. The predicted molar refractivity (Wildman–Crippen MR) is 75.2 cm³/mol. The van der Waals surface area contributed by atoms with Gasteiger partial charge in [-0.05, 0) is 56.9 Å². The highest BCUT2D eigenvalue weighted by Crippen LogP contribution is 2.50. The molecule has 0 bridgehead atoms. The zero-order valence-corrected chi connectivity index (χ0v) is 12.3. The zero-order valence-electron chi connectivity index (χ0n) is 12.3. The van der Waals surface area contributed by atoms with E-state index in [1.807, 2.05) is 0 Å². The van der Waals surface area contributed by atoms with Gasteiger partial charge in [0.2, 0.25) is 0 Å². The Morgan fingerprint density at radius 2 is 1.65 bits per heavy atom. The van der Waals surface area contributed by atoms with Crippen molar-refractivity contribution in [1.82, 2.24) is 4.90 Å². The Hall–Kier alpha value is -0.0400. The molecule has 0 radical (unpaired) electrons. The maximum absolute atomic E-state index is 2.74. The van der Waals surface area contributed by atoms with Crippen molar-refractivity contribution in [2.75, 3.05) is 13.1 Å². The second-order valence-corrected chi connectivity index (χ2v) is 7.13. The first-order chi connectivity index (χ1) is 8.05. The van der Waals surface area contributed by atoms with Gasteiger partial charge in [0.25, 0.3) is 0 Å². The second-order valence-electron chi connectivity index (χ2n) is 7.13. The van der Waals surface area contributed by atoms with Crippen LogP contribution >= 0.6 is 0 Å². The molecule has 1 aliphatic heterocycles. The summed E-state index contributed by atoms with van der Waals surface area (Å²) in [4.78, 5) is 2.74. The molecule has 1 heterocycles. The monoisotopic (exact) mass is 237 g/mol. The van der Waals surface area contributed by atoms with Crippen LogP contribution in [0.4, 0.5) is 0 Å². The Morgan fingerprint density at radius 1 is 1.00 bits per heavy atom. The van der Waals surface area contributed by atoms with Gasteiger partial charge >= 0.3 is 0 Å². The Kier molecular flexibility index (Phi) is 4.18. The van der Waals surface area contributed by atoms with Gasteiger partial charge in [-0.1, -0.05) is 33.1 Å². The molecular weight excluding hydrogens is 206 g/mol. The summed E-state index contributed by atoms with van der Waals surface area (Å²) in [5.41, 5.74) is 0.676. The van der Waals surface area contributed by atoms with Gasteiger partial charge < -0.3 is 4.90 Å². The van der Waals surface area contributed by atoms with Crippen LogP contribution in [0.5, 0.6) is 0 Å². The summed E-state index contributed by atoms with van der Waals surface area (Å²) < 4.78 is 0. The average molecular weight is 237 g/mol. The minimum absolute atomic E-state index is 0.676. The molecule has 1 heteroatoms. The number of nitrogens with zero attached hydrogens (tertiary/aromatic N) is 1. The fourth-order valence-electron chi connectivity index (χ4n) is 4.48. The van der Waals surface area contributed by atoms with Crippen molar-refractivity contribution < 1.29 is 0 Å². The maximum atomic E-state index is 2.74. The lowest BCUT2D eigenvalue weighted by Gasteiger charge is -2.53. The van der Waals surface area contributed by atoms with Gasteiger partial charge in [0.05, 0.1) is 0 Å². The van der Waals surface area contributed by atoms with Crippen molar-refractivity contribution >= 4 is 0 Å². The van der Waals surface area contributed by atoms with Gasteiger partial charge in [0.15, 0.2) is 0 Å². The fraction of sp³-hybridized carbons (Fsp3) is 1.00. The lowest BCUT2D eigenvalue weighted by Crippen LogP contribution is -2.53. The van der Waals surface area contributed by atoms with Gasteiger partial charge in [-0.15, -0.1) is 0 Å². The van der Waals surface area contributed by atoms with Crippen molar-refractivity contribution in [2.24, 2.45) is 17.3 Å². The minimum Gasteiger partial charge on any atom is -0.300 e. The first kappa shape index (κ1) is 13.4. The molecule has 1 aliphatic carbocycles. The second kappa shape index (κ2) is 5.30. The highest BCUT2D eigenvalue weighted by Gasteiger charge is 2.45. The SMILES string of the molecule is CC(C)[C@H]1CCN(C(C)C)CC12CCCCC2. The van der Waals surface area contributed by atoms with Crippen LogP contribution in [0.25, 0.3) is 0 Å². The van der Waals surface area contributed by atoms with E-state index in [2.05, 4.69) is 32.6 Å². The molecule has 1 saturated heterocycles. The molecule has 17 heavy (non-hydrogen) atoms. The molecule has 0 amide bonds.